The van der Waals surface area contributed by atoms with Gasteiger partial charge in [0.25, 0.3) is 0 Å². The molecule has 1 atom stereocenters. The summed E-state index contributed by atoms with van der Waals surface area (Å²) < 4.78 is 13.3. The molecule has 2 aromatic rings. The van der Waals surface area contributed by atoms with E-state index in [1.165, 1.54) is 0 Å². The van der Waals surface area contributed by atoms with Crippen LogP contribution in [0.25, 0.3) is 0 Å². The number of carbonyl (C=O) groups is 1. The van der Waals surface area contributed by atoms with E-state index < -0.39 is 5.41 Å². The summed E-state index contributed by atoms with van der Waals surface area (Å²) >= 11 is 0. The topological polar surface area (TPSA) is 56.6 Å². The minimum absolute atomic E-state index is 0.178. The van der Waals surface area contributed by atoms with Crippen molar-refractivity contribution in [3.63, 3.8) is 0 Å². The van der Waals surface area contributed by atoms with Crippen LogP contribution in [-0.2, 0) is 16.8 Å². The molecule has 1 saturated carbocycles. The van der Waals surface area contributed by atoms with Crippen molar-refractivity contribution in [3.8, 4) is 11.5 Å². The SMILES string of the molecule is CC1CN(C(=O)C2(c3ccc4c(c3)OCCO4)CC2)c2ccnn2C1. The highest BCUT2D eigenvalue weighted by atomic mass is 16.6. The molecule has 0 bridgehead atoms. The Balaban J connectivity index is 1.50. The zero-order valence-electron chi connectivity index (χ0n) is 14.3. The Morgan fingerprint density at radius 1 is 1.16 bits per heavy atom. The average molecular weight is 339 g/mol. The maximum Gasteiger partial charge on any atom is 0.238 e. The highest BCUT2D eigenvalue weighted by Gasteiger charge is 2.54. The first-order valence-corrected chi connectivity index (χ1v) is 8.91. The number of anilines is 1. The summed E-state index contributed by atoms with van der Waals surface area (Å²) in [5.74, 6) is 3.00. The van der Waals surface area contributed by atoms with Gasteiger partial charge in [0.2, 0.25) is 5.91 Å². The van der Waals surface area contributed by atoms with Crippen LogP contribution in [0.4, 0.5) is 5.82 Å². The number of ether oxygens (including phenoxy) is 2. The van der Waals surface area contributed by atoms with Gasteiger partial charge in [-0.2, -0.15) is 5.10 Å². The minimum atomic E-state index is -0.429. The molecule has 1 amide bonds. The van der Waals surface area contributed by atoms with Crippen molar-refractivity contribution in [1.29, 1.82) is 0 Å². The lowest BCUT2D eigenvalue weighted by Crippen LogP contribution is -2.46. The smallest absolute Gasteiger partial charge is 0.238 e. The number of fused-ring (bicyclic) bond motifs is 2. The molecular weight excluding hydrogens is 318 g/mol. The normalized spacial score (nSPS) is 23.1. The van der Waals surface area contributed by atoms with E-state index in [4.69, 9.17) is 9.47 Å². The Morgan fingerprint density at radius 2 is 1.96 bits per heavy atom. The van der Waals surface area contributed by atoms with E-state index in [2.05, 4.69) is 12.0 Å². The summed E-state index contributed by atoms with van der Waals surface area (Å²) in [5.41, 5.74) is 0.605. The second-order valence-corrected chi connectivity index (χ2v) is 7.33. The summed E-state index contributed by atoms with van der Waals surface area (Å²) in [7, 11) is 0. The highest BCUT2D eigenvalue weighted by molar-refractivity contribution is 6.03. The van der Waals surface area contributed by atoms with Crippen LogP contribution in [0.3, 0.4) is 0 Å². The Hall–Kier alpha value is -2.50. The third kappa shape index (κ3) is 2.23. The molecule has 25 heavy (non-hydrogen) atoms. The molecule has 0 N–H and O–H groups in total. The molecule has 5 rings (SSSR count). The second-order valence-electron chi connectivity index (χ2n) is 7.33. The van der Waals surface area contributed by atoms with Gasteiger partial charge in [-0.05, 0) is 36.5 Å². The van der Waals surface area contributed by atoms with E-state index in [1.807, 2.05) is 33.8 Å². The largest absolute Gasteiger partial charge is 0.486 e. The van der Waals surface area contributed by atoms with E-state index in [-0.39, 0.29) is 5.91 Å². The van der Waals surface area contributed by atoms with Crippen molar-refractivity contribution in [2.45, 2.75) is 31.7 Å². The predicted molar refractivity (Wildman–Crippen MR) is 92.1 cm³/mol. The molecule has 1 unspecified atom stereocenters. The molecule has 1 aromatic carbocycles. The van der Waals surface area contributed by atoms with Crippen molar-refractivity contribution in [2.24, 2.45) is 5.92 Å². The Morgan fingerprint density at radius 3 is 2.76 bits per heavy atom. The Bertz CT molecular complexity index is 840. The molecule has 1 aromatic heterocycles. The standard InChI is InChI=1S/C19H21N3O3/c1-13-11-21(17-4-7-20-22(17)12-13)18(23)19(5-6-19)14-2-3-15-16(10-14)25-9-8-24-15/h2-4,7,10,13H,5-6,8-9,11-12H2,1H3. The summed E-state index contributed by atoms with van der Waals surface area (Å²) in [6.07, 6.45) is 3.53. The molecule has 3 aliphatic rings. The lowest BCUT2D eigenvalue weighted by Gasteiger charge is -2.34. The number of hydrogen-bond donors (Lipinski definition) is 0. The van der Waals surface area contributed by atoms with Crippen LogP contribution in [0.2, 0.25) is 0 Å². The summed E-state index contributed by atoms with van der Waals surface area (Å²) in [5, 5.41) is 4.36. The highest BCUT2D eigenvalue weighted by Crippen LogP contribution is 2.52. The molecular formula is C19H21N3O3. The molecule has 130 valence electrons. The van der Waals surface area contributed by atoms with Gasteiger partial charge in [-0.25, -0.2) is 4.68 Å². The lowest BCUT2D eigenvalue weighted by atomic mass is 9.93. The third-order valence-electron chi connectivity index (χ3n) is 5.45. The van der Waals surface area contributed by atoms with Gasteiger partial charge in [-0.3, -0.25) is 9.69 Å². The van der Waals surface area contributed by atoms with Gasteiger partial charge >= 0.3 is 0 Å². The molecule has 3 heterocycles. The third-order valence-corrected chi connectivity index (χ3v) is 5.45. The van der Waals surface area contributed by atoms with Gasteiger partial charge in [0, 0.05) is 19.2 Å². The number of hydrogen-bond acceptors (Lipinski definition) is 4. The van der Waals surface area contributed by atoms with Crippen LogP contribution in [0.5, 0.6) is 11.5 Å². The van der Waals surface area contributed by atoms with Crippen LogP contribution in [0.15, 0.2) is 30.5 Å². The van der Waals surface area contributed by atoms with E-state index in [1.54, 1.807) is 6.20 Å². The number of carbonyl (C=O) groups excluding carboxylic acids is 1. The van der Waals surface area contributed by atoms with E-state index >= 15 is 0 Å². The quantitative estimate of drug-likeness (QED) is 0.843. The first kappa shape index (κ1) is 14.8. The van der Waals surface area contributed by atoms with Gasteiger partial charge < -0.3 is 9.47 Å². The van der Waals surface area contributed by atoms with Crippen molar-refractivity contribution in [3.05, 3.63) is 36.0 Å². The van der Waals surface area contributed by atoms with Gasteiger partial charge in [-0.15, -0.1) is 0 Å². The van der Waals surface area contributed by atoms with Crippen molar-refractivity contribution in [1.82, 2.24) is 9.78 Å². The number of amides is 1. The van der Waals surface area contributed by atoms with Crippen molar-refractivity contribution >= 4 is 11.7 Å². The fraction of sp³-hybridized carbons (Fsp3) is 0.474. The van der Waals surface area contributed by atoms with Crippen LogP contribution in [0.1, 0.15) is 25.3 Å². The lowest BCUT2D eigenvalue weighted by molar-refractivity contribution is -0.121. The van der Waals surface area contributed by atoms with Gasteiger partial charge in [0.1, 0.15) is 19.0 Å². The fourth-order valence-corrected chi connectivity index (χ4v) is 3.99. The molecule has 2 aliphatic heterocycles. The fourth-order valence-electron chi connectivity index (χ4n) is 3.99. The number of aromatic nitrogens is 2. The van der Waals surface area contributed by atoms with Crippen LogP contribution in [0, 0.1) is 5.92 Å². The summed E-state index contributed by atoms with van der Waals surface area (Å²) in [6, 6.07) is 7.87. The van der Waals surface area contributed by atoms with E-state index in [0.29, 0.717) is 19.1 Å². The van der Waals surface area contributed by atoms with Gasteiger partial charge in [0.15, 0.2) is 11.5 Å². The molecule has 0 spiro atoms. The summed E-state index contributed by atoms with van der Waals surface area (Å²) in [4.78, 5) is 15.4. The van der Waals surface area contributed by atoms with Crippen LogP contribution < -0.4 is 14.4 Å². The van der Waals surface area contributed by atoms with E-state index in [9.17, 15) is 4.79 Å². The summed E-state index contributed by atoms with van der Waals surface area (Å²) in [6.45, 7) is 4.90. The number of rotatable bonds is 2. The minimum Gasteiger partial charge on any atom is -0.486 e. The zero-order valence-corrected chi connectivity index (χ0v) is 14.3. The first-order chi connectivity index (χ1) is 12.2. The first-order valence-electron chi connectivity index (χ1n) is 8.91. The van der Waals surface area contributed by atoms with Crippen LogP contribution >= 0.6 is 0 Å². The van der Waals surface area contributed by atoms with Crippen molar-refractivity contribution in [2.75, 3.05) is 24.7 Å². The maximum atomic E-state index is 13.5. The molecule has 1 aliphatic carbocycles. The average Bonchev–Trinajstić information content (AvgIpc) is 3.32. The monoisotopic (exact) mass is 339 g/mol. The second kappa shape index (κ2) is 5.25. The molecule has 0 saturated heterocycles. The predicted octanol–water partition coefficient (Wildman–Crippen LogP) is 2.37. The maximum absolute atomic E-state index is 13.5. The molecule has 1 fully saturated rings. The molecule has 6 nitrogen and oxygen atoms in total. The Labute approximate surface area is 146 Å². The Kier molecular flexibility index (Phi) is 3.11. The van der Waals surface area contributed by atoms with Gasteiger partial charge in [-0.1, -0.05) is 13.0 Å². The molecule has 0 radical (unpaired) electrons. The molecule has 6 heteroatoms. The van der Waals surface area contributed by atoms with Crippen molar-refractivity contribution < 1.29 is 14.3 Å². The van der Waals surface area contributed by atoms with E-state index in [0.717, 1.165) is 48.8 Å². The van der Waals surface area contributed by atoms with Crippen LogP contribution in [-0.4, -0.2) is 35.4 Å². The van der Waals surface area contributed by atoms with Gasteiger partial charge in [0.05, 0.1) is 11.6 Å². The number of nitrogens with zero attached hydrogens (tertiary/aromatic N) is 3. The zero-order chi connectivity index (χ0) is 17.0. The number of benzene rings is 1.